The molecule has 1 N–H and O–H groups in total. The summed E-state index contributed by atoms with van der Waals surface area (Å²) in [5.41, 5.74) is 1.06. The number of piperazine rings is 1. The van der Waals surface area contributed by atoms with Crippen LogP contribution in [-0.2, 0) is 6.54 Å². The third kappa shape index (κ3) is 3.88. The van der Waals surface area contributed by atoms with Gasteiger partial charge in [0.15, 0.2) is 5.82 Å². The Morgan fingerprint density at radius 2 is 2.12 bits per heavy atom. The number of hydrogen-bond acceptors (Lipinski definition) is 6. The van der Waals surface area contributed by atoms with Crippen LogP contribution in [0.15, 0.2) is 28.9 Å². The number of nitrogens with one attached hydrogen (secondary N) is 1. The summed E-state index contributed by atoms with van der Waals surface area (Å²) in [5, 5.41) is 6.52. The molecule has 0 aliphatic carbocycles. The van der Waals surface area contributed by atoms with Crippen molar-refractivity contribution in [1.82, 2.24) is 30.2 Å². The molecule has 0 radical (unpaired) electrons. The molecule has 0 bridgehead atoms. The van der Waals surface area contributed by atoms with E-state index in [1.807, 2.05) is 29.3 Å². The summed E-state index contributed by atoms with van der Waals surface area (Å²) < 4.78 is 4.99. The predicted octanol–water partition coefficient (Wildman–Crippen LogP) is 1.36. The minimum absolute atomic E-state index is 0.101. The average Bonchev–Trinajstić information content (AvgIpc) is 3.05. The van der Waals surface area contributed by atoms with Gasteiger partial charge in [0.1, 0.15) is 0 Å². The molecule has 2 aromatic heterocycles. The number of carbonyl (C=O) groups is 1. The molecule has 0 aromatic carbocycles. The first-order valence-corrected chi connectivity index (χ1v) is 8.10. The maximum absolute atomic E-state index is 12.2. The second-order valence-electron chi connectivity index (χ2n) is 5.85. The van der Waals surface area contributed by atoms with E-state index in [1.54, 1.807) is 6.92 Å². The van der Waals surface area contributed by atoms with Crippen LogP contribution in [-0.4, -0.2) is 57.1 Å². The minimum Gasteiger partial charge on any atom is -0.337 e. The third-order valence-electron chi connectivity index (χ3n) is 4.23. The number of hydrogen-bond donors (Lipinski definition) is 1. The standard InChI is InChI=1S/C16H22N6O2/c1-12(14-5-3-4-6-17-14)21-7-9-22(10-8-21)16(23)18-11-15-19-13(2)20-24-15/h3-6,12H,7-11H2,1-2H3,(H,18,23). The van der Waals surface area contributed by atoms with Gasteiger partial charge in [0, 0.05) is 38.4 Å². The zero-order chi connectivity index (χ0) is 16.9. The van der Waals surface area contributed by atoms with Gasteiger partial charge in [-0.15, -0.1) is 0 Å². The van der Waals surface area contributed by atoms with Gasteiger partial charge in [0.25, 0.3) is 0 Å². The summed E-state index contributed by atoms with van der Waals surface area (Å²) in [6.07, 6.45) is 1.81. The summed E-state index contributed by atoms with van der Waals surface area (Å²) >= 11 is 0. The average molecular weight is 330 g/mol. The van der Waals surface area contributed by atoms with Crippen LogP contribution in [0.4, 0.5) is 4.79 Å². The molecule has 1 unspecified atom stereocenters. The van der Waals surface area contributed by atoms with Crippen LogP contribution in [0.1, 0.15) is 30.4 Å². The molecule has 0 saturated carbocycles. The highest BCUT2D eigenvalue weighted by Gasteiger charge is 2.25. The van der Waals surface area contributed by atoms with Crippen molar-refractivity contribution < 1.29 is 9.32 Å². The van der Waals surface area contributed by atoms with Crippen LogP contribution in [0.25, 0.3) is 0 Å². The van der Waals surface area contributed by atoms with Gasteiger partial charge in [-0.3, -0.25) is 9.88 Å². The zero-order valence-electron chi connectivity index (χ0n) is 14.0. The van der Waals surface area contributed by atoms with Gasteiger partial charge in [0.2, 0.25) is 5.89 Å². The Labute approximate surface area is 140 Å². The fraction of sp³-hybridized carbons (Fsp3) is 0.500. The number of aromatic nitrogens is 3. The van der Waals surface area contributed by atoms with E-state index in [1.165, 1.54) is 0 Å². The van der Waals surface area contributed by atoms with Crippen LogP contribution in [0.2, 0.25) is 0 Å². The molecule has 8 heteroatoms. The smallest absolute Gasteiger partial charge is 0.317 e. The maximum atomic E-state index is 12.2. The van der Waals surface area contributed by atoms with Crippen molar-refractivity contribution in [2.24, 2.45) is 0 Å². The largest absolute Gasteiger partial charge is 0.337 e. The summed E-state index contributed by atoms with van der Waals surface area (Å²) in [7, 11) is 0. The van der Waals surface area contributed by atoms with Crippen molar-refractivity contribution in [2.45, 2.75) is 26.4 Å². The SMILES string of the molecule is Cc1noc(CNC(=O)N2CCN(C(C)c3ccccn3)CC2)n1. The molecule has 24 heavy (non-hydrogen) atoms. The van der Waals surface area contributed by atoms with Gasteiger partial charge in [-0.1, -0.05) is 11.2 Å². The van der Waals surface area contributed by atoms with E-state index in [4.69, 9.17) is 4.52 Å². The molecular weight excluding hydrogens is 308 g/mol. The number of rotatable bonds is 4. The topological polar surface area (TPSA) is 87.4 Å². The first kappa shape index (κ1) is 16.4. The van der Waals surface area contributed by atoms with E-state index < -0.39 is 0 Å². The van der Waals surface area contributed by atoms with Gasteiger partial charge in [-0.25, -0.2) is 4.79 Å². The van der Waals surface area contributed by atoms with Gasteiger partial charge >= 0.3 is 6.03 Å². The molecule has 2 amide bonds. The van der Waals surface area contributed by atoms with E-state index in [0.717, 1.165) is 18.8 Å². The van der Waals surface area contributed by atoms with Crippen molar-refractivity contribution in [3.63, 3.8) is 0 Å². The lowest BCUT2D eigenvalue weighted by atomic mass is 10.1. The van der Waals surface area contributed by atoms with E-state index >= 15 is 0 Å². The number of amides is 2. The highest BCUT2D eigenvalue weighted by Crippen LogP contribution is 2.19. The lowest BCUT2D eigenvalue weighted by molar-refractivity contribution is 0.112. The number of nitrogens with zero attached hydrogens (tertiary/aromatic N) is 5. The summed E-state index contributed by atoms with van der Waals surface area (Å²) in [6.45, 7) is 7.17. The van der Waals surface area contributed by atoms with Crippen molar-refractivity contribution >= 4 is 6.03 Å². The summed E-state index contributed by atoms with van der Waals surface area (Å²) in [4.78, 5) is 24.9. The zero-order valence-corrected chi connectivity index (χ0v) is 14.0. The Morgan fingerprint density at radius 1 is 1.33 bits per heavy atom. The van der Waals surface area contributed by atoms with Crippen LogP contribution in [0.5, 0.6) is 0 Å². The van der Waals surface area contributed by atoms with Gasteiger partial charge in [-0.05, 0) is 26.0 Å². The van der Waals surface area contributed by atoms with E-state index in [2.05, 4.69) is 32.3 Å². The molecule has 128 valence electrons. The Hall–Kier alpha value is -2.48. The molecule has 1 fully saturated rings. The van der Waals surface area contributed by atoms with Crippen LogP contribution in [0.3, 0.4) is 0 Å². The Morgan fingerprint density at radius 3 is 2.75 bits per heavy atom. The van der Waals surface area contributed by atoms with Gasteiger partial charge < -0.3 is 14.7 Å². The molecule has 1 aliphatic heterocycles. The number of urea groups is 1. The molecule has 1 aliphatic rings. The van der Waals surface area contributed by atoms with Crippen molar-refractivity contribution in [3.05, 3.63) is 41.8 Å². The maximum Gasteiger partial charge on any atom is 0.317 e. The van der Waals surface area contributed by atoms with Gasteiger partial charge in [-0.2, -0.15) is 4.98 Å². The minimum atomic E-state index is -0.101. The highest BCUT2D eigenvalue weighted by atomic mass is 16.5. The number of aryl methyl sites for hydroxylation is 1. The molecule has 3 rings (SSSR count). The van der Waals surface area contributed by atoms with Crippen LogP contribution in [0, 0.1) is 6.92 Å². The lowest BCUT2D eigenvalue weighted by Gasteiger charge is -2.37. The van der Waals surface area contributed by atoms with Crippen LogP contribution < -0.4 is 5.32 Å². The first-order chi connectivity index (χ1) is 11.6. The van der Waals surface area contributed by atoms with E-state index in [-0.39, 0.29) is 18.6 Å². The Balaban J connectivity index is 1.47. The number of carbonyl (C=O) groups excluding carboxylic acids is 1. The van der Waals surface area contributed by atoms with Crippen molar-refractivity contribution in [2.75, 3.05) is 26.2 Å². The normalized spacial score (nSPS) is 16.8. The van der Waals surface area contributed by atoms with Crippen molar-refractivity contribution in [3.8, 4) is 0 Å². The Kier molecular flexibility index (Phi) is 5.05. The summed E-state index contributed by atoms with van der Waals surface area (Å²) in [6, 6.07) is 6.11. The fourth-order valence-corrected chi connectivity index (χ4v) is 2.80. The second-order valence-corrected chi connectivity index (χ2v) is 5.85. The third-order valence-corrected chi connectivity index (χ3v) is 4.23. The molecule has 8 nitrogen and oxygen atoms in total. The molecule has 3 heterocycles. The second kappa shape index (κ2) is 7.39. The molecule has 2 aromatic rings. The van der Waals surface area contributed by atoms with Crippen LogP contribution >= 0.6 is 0 Å². The molecule has 0 spiro atoms. The van der Waals surface area contributed by atoms with E-state index in [9.17, 15) is 4.79 Å². The molecule has 1 atom stereocenters. The monoisotopic (exact) mass is 330 g/mol. The fourth-order valence-electron chi connectivity index (χ4n) is 2.80. The molecule has 1 saturated heterocycles. The molecular formula is C16H22N6O2. The van der Waals surface area contributed by atoms with Gasteiger partial charge in [0.05, 0.1) is 12.2 Å². The summed E-state index contributed by atoms with van der Waals surface area (Å²) in [5.74, 6) is 0.986. The predicted molar refractivity (Wildman–Crippen MR) is 87.1 cm³/mol. The number of pyridine rings is 1. The quantitative estimate of drug-likeness (QED) is 0.911. The lowest BCUT2D eigenvalue weighted by Crippen LogP contribution is -2.52. The van der Waals surface area contributed by atoms with Crippen molar-refractivity contribution in [1.29, 1.82) is 0 Å². The Bertz CT molecular complexity index is 666. The highest BCUT2D eigenvalue weighted by molar-refractivity contribution is 5.74. The van der Waals surface area contributed by atoms with E-state index in [0.29, 0.717) is 24.8 Å². The first-order valence-electron chi connectivity index (χ1n) is 8.10.